The molecule has 6 rings (SSSR count). The number of rotatable bonds is 6. The minimum Gasteiger partial charge on any atom is -0.487 e. The zero-order chi connectivity index (χ0) is 23.6. The number of hydrogen-bond donors (Lipinski definition) is 1. The van der Waals surface area contributed by atoms with Gasteiger partial charge in [0.25, 0.3) is 11.9 Å². The maximum atomic E-state index is 14.6. The molecule has 34 heavy (non-hydrogen) atoms. The first-order valence-electron chi connectivity index (χ1n) is 11.8. The van der Waals surface area contributed by atoms with Gasteiger partial charge in [-0.05, 0) is 67.9 Å². The van der Waals surface area contributed by atoms with Crippen molar-refractivity contribution < 1.29 is 31.5 Å². The van der Waals surface area contributed by atoms with Gasteiger partial charge < -0.3 is 19.4 Å². The van der Waals surface area contributed by atoms with E-state index < -0.39 is 35.8 Å². The van der Waals surface area contributed by atoms with E-state index in [4.69, 9.17) is 9.15 Å². The number of nitrogens with zero attached hydrogens (tertiary/aromatic N) is 2. The van der Waals surface area contributed by atoms with Crippen molar-refractivity contribution in [2.75, 3.05) is 23.3 Å². The van der Waals surface area contributed by atoms with Crippen LogP contribution in [0.5, 0.6) is 5.75 Å². The largest absolute Gasteiger partial charge is 0.487 e. The molecule has 1 N–H and O–H groups in total. The highest BCUT2D eigenvalue weighted by Crippen LogP contribution is 2.52. The Bertz CT molecular complexity index is 1100. The summed E-state index contributed by atoms with van der Waals surface area (Å²) in [7, 11) is 0. The number of amides is 1. The van der Waals surface area contributed by atoms with Crippen molar-refractivity contribution in [1.29, 1.82) is 0 Å². The molecule has 2 heterocycles. The lowest BCUT2D eigenvalue weighted by atomic mass is 9.77. The summed E-state index contributed by atoms with van der Waals surface area (Å²) in [5.41, 5.74) is -0.330. The number of ether oxygens (including phenoxy) is 1. The van der Waals surface area contributed by atoms with Crippen LogP contribution >= 0.6 is 0 Å². The number of anilines is 2. The van der Waals surface area contributed by atoms with Gasteiger partial charge in [-0.3, -0.25) is 4.79 Å². The summed E-state index contributed by atoms with van der Waals surface area (Å²) < 4.78 is 65.2. The number of oxazole rings is 1. The topological polar surface area (TPSA) is 67.6 Å². The van der Waals surface area contributed by atoms with E-state index in [1.54, 1.807) is 4.90 Å². The van der Waals surface area contributed by atoms with Crippen molar-refractivity contribution in [3.63, 3.8) is 0 Å². The second-order valence-electron chi connectivity index (χ2n) is 10.1. The van der Waals surface area contributed by atoms with Crippen LogP contribution in [0.3, 0.4) is 0 Å². The third-order valence-electron chi connectivity index (χ3n) is 7.70. The molecule has 0 bridgehead atoms. The Hall–Kier alpha value is -2.78. The first kappa shape index (κ1) is 21.7. The number of fused-ring (bicyclic) bond motifs is 2. The van der Waals surface area contributed by atoms with E-state index in [2.05, 4.69) is 10.3 Å². The number of halogens is 4. The third-order valence-corrected chi connectivity index (χ3v) is 7.70. The third kappa shape index (κ3) is 4.22. The van der Waals surface area contributed by atoms with Gasteiger partial charge in [-0.2, -0.15) is 18.2 Å². The molecule has 182 valence electrons. The summed E-state index contributed by atoms with van der Waals surface area (Å²) in [5.74, 6) is 0.431. The molecule has 3 saturated carbocycles. The van der Waals surface area contributed by atoms with Crippen molar-refractivity contribution >= 4 is 17.6 Å². The quantitative estimate of drug-likeness (QED) is 0.578. The minimum atomic E-state index is -4.57. The van der Waals surface area contributed by atoms with Gasteiger partial charge in [0.15, 0.2) is 17.3 Å². The summed E-state index contributed by atoms with van der Waals surface area (Å²) in [6.45, 7) is 1.32. The van der Waals surface area contributed by atoms with Gasteiger partial charge >= 0.3 is 6.18 Å². The lowest BCUT2D eigenvalue weighted by Gasteiger charge is -2.27. The van der Waals surface area contributed by atoms with E-state index in [1.165, 1.54) is 18.6 Å². The summed E-state index contributed by atoms with van der Waals surface area (Å²) >= 11 is 0. The van der Waals surface area contributed by atoms with Gasteiger partial charge in [0.1, 0.15) is 12.2 Å². The van der Waals surface area contributed by atoms with Gasteiger partial charge in [-0.15, -0.1) is 0 Å². The number of nitrogens with one attached hydrogen (secondary N) is 1. The van der Waals surface area contributed by atoms with Crippen LogP contribution in [-0.4, -0.2) is 36.3 Å². The molecule has 1 amide bonds. The fourth-order valence-electron chi connectivity index (χ4n) is 5.67. The lowest BCUT2D eigenvalue weighted by molar-refractivity contribution is -0.130. The smallest absolute Gasteiger partial charge is 0.396 e. The molecule has 1 aromatic heterocycles. The Balaban J connectivity index is 1.17. The van der Waals surface area contributed by atoms with Crippen molar-refractivity contribution in [2.24, 2.45) is 23.7 Å². The highest BCUT2D eigenvalue weighted by atomic mass is 19.4. The SMILES string of the molecule is O=C(Nc1ccc(O[C@@H]2CC3C[C@@H]3C2)c(F)c1)c1nc(N2CC3CCC3C2)oc1CC(F)(F)F. The molecule has 1 aliphatic heterocycles. The molecule has 5 atom stereocenters. The number of benzene rings is 1. The van der Waals surface area contributed by atoms with Gasteiger partial charge in [-0.25, -0.2) is 4.39 Å². The standard InChI is InChI=1S/C24H25F4N3O3/c25-18-8-16(3-4-19(18)33-17-6-14-5-15(14)7-17)29-22(32)21-20(9-24(26,27)28)34-23(30-21)31-10-12-1-2-13(12)11-31/h3-4,8,12-15,17H,1-2,5-7,9-11H2,(H,29,32)/t12?,13?,14-,15?,17+/m1/s1. The molecule has 3 aliphatic carbocycles. The number of alkyl halides is 3. The second kappa shape index (κ2) is 7.88. The second-order valence-corrected chi connectivity index (χ2v) is 10.1. The molecule has 6 nitrogen and oxygen atoms in total. The molecule has 1 aromatic carbocycles. The van der Waals surface area contributed by atoms with Crippen LogP contribution in [0.2, 0.25) is 0 Å². The summed E-state index contributed by atoms with van der Waals surface area (Å²) in [6, 6.07) is 4.03. The molecule has 0 spiro atoms. The molecule has 2 aromatic rings. The molecular weight excluding hydrogens is 454 g/mol. The van der Waals surface area contributed by atoms with Gasteiger partial charge in [0.2, 0.25) is 0 Å². The minimum absolute atomic E-state index is 0.00186. The Morgan fingerprint density at radius 1 is 1.12 bits per heavy atom. The van der Waals surface area contributed by atoms with Crippen LogP contribution in [0, 0.1) is 29.5 Å². The van der Waals surface area contributed by atoms with Gasteiger partial charge in [0, 0.05) is 24.8 Å². The van der Waals surface area contributed by atoms with E-state index >= 15 is 0 Å². The van der Waals surface area contributed by atoms with Crippen molar-refractivity contribution in [2.45, 2.75) is 50.8 Å². The fourth-order valence-corrected chi connectivity index (χ4v) is 5.67. The van der Waals surface area contributed by atoms with E-state index in [9.17, 15) is 22.4 Å². The number of carbonyl (C=O) groups excluding carboxylic acids is 1. The van der Waals surface area contributed by atoms with Crippen LogP contribution in [0.15, 0.2) is 22.6 Å². The number of aromatic nitrogens is 1. The number of hydrogen-bond acceptors (Lipinski definition) is 5. The van der Waals surface area contributed by atoms with Crippen LogP contribution in [0.1, 0.15) is 48.4 Å². The Morgan fingerprint density at radius 2 is 1.82 bits per heavy atom. The van der Waals surface area contributed by atoms with Crippen LogP contribution in [0.25, 0.3) is 0 Å². The van der Waals surface area contributed by atoms with Gasteiger partial charge in [0.05, 0.1) is 6.10 Å². The summed E-state index contributed by atoms with van der Waals surface area (Å²) in [6.07, 6.45) is -0.731. The van der Waals surface area contributed by atoms with Crippen LogP contribution in [0.4, 0.5) is 29.3 Å². The molecule has 10 heteroatoms. The maximum absolute atomic E-state index is 14.6. The van der Waals surface area contributed by atoms with Crippen LogP contribution < -0.4 is 15.0 Å². The van der Waals surface area contributed by atoms with Crippen LogP contribution in [-0.2, 0) is 6.42 Å². The first-order chi connectivity index (χ1) is 16.2. The van der Waals surface area contributed by atoms with E-state index in [0.717, 1.165) is 31.7 Å². The summed E-state index contributed by atoms with van der Waals surface area (Å²) in [5, 5.41) is 2.45. The Kier molecular flexibility index (Phi) is 5.04. The Morgan fingerprint density at radius 3 is 2.44 bits per heavy atom. The normalized spacial score (nSPS) is 29.4. The van der Waals surface area contributed by atoms with E-state index in [-0.39, 0.29) is 23.6 Å². The molecular formula is C24H25F4N3O3. The maximum Gasteiger partial charge on any atom is 0.396 e. The average Bonchev–Trinajstić information content (AvgIpc) is 3.05. The predicted molar refractivity (Wildman–Crippen MR) is 114 cm³/mol. The monoisotopic (exact) mass is 479 g/mol. The molecule has 0 radical (unpaired) electrons. The van der Waals surface area contributed by atoms with Crippen molar-refractivity contribution in [3.05, 3.63) is 35.5 Å². The van der Waals surface area contributed by atoms with Gasteiger partial charge in [-0.1, -0.05) is 0 Å². The fraction of sp³-hybridized carbons (Fsp3) is 0.583. The molecule has 4 aliphatic rings. The van der Waals surface area contributed by atoms with E-state index in [0.29, 0.717) is 36.8 Å². The predicted octanol–water partition coefficient (Wildman–Crippen LogP) is 5.19. The number of carbonyl (C=O) groups is 1. The lowest BCUT2D eigenvalue weighted by Crippen LogP contribution is -2.22. The molecule has 3 unspecified atom stereocenters. The first-order valence-corrected chi connectivity index (χ1v) is 11.8. The zero-order valence-electron chi connectivity index (χ0n) is 18.4. The van der Waals surface area contributed by atoms with Crippen molar-refractivity contribution in [3.8, 4) is 5.75 Å². The van der Waals surface area contributed by atoms with E-state index in [1.807, 2.05) is 0 Å². The summed E-state index contributed by atoms with van der Waals surface area (Å²) in [4.78, 5) is 18.8. The average molecular weight is 479 g/mol. The molecule has 4 fully saturated rings. The zero-order valence-corrected chi connectivity index (χ0v) is 18.4. The molecule has 1 saturated heterocycles. The highest BCUT2D eigenvalue weighted by Gasteiger charge is 2.47. The van der Waals surface area contributed by atoms with Crippen molar-refractivity contribution in [1.82, 2.24) is 4.98 Å². The highest BCUT2D eigenvalue weighted by molar-refractivity contribution is 6.03. The Labute approximate surface area is 193 Å².